The molecule has 1 aliphatic heterocycles. The van der Waals surface area contributed by atoms with Crippen LogP contribution >= 0.6 is 0 Å². The lowest BCUT2D eigenvalue weighted by molar-refractivity contribution is 0.0565. The zero-order valence-corrected chi connectivity index (χ0v) is 11.0. The van der Waals surface area contributed by atoms with Crippen molar-refractivity contribution >= 4 is 5.96 Å². The number of guanidine groups is 1. The summed E-state index contributed by atoms with van der Waals surface area (Å²) in [5, 5.41) is 3.23. The summed E-state index contributed by atoms with van der Waals surface area (Å²) in [6, 6.07) is 0. The Labute approximate surface area is 104 Å². The van der Waals surface area contributed by atoms with E-state index in [1.54, 1.807) is 0 Å². The molecule has 1 saturated heterocycles. The molecule has 98 valence electrons. The zero-order valence-electron chi connectivity index (χ0n) is 11.0. The van der Waals surface area contributed by atoms with Crippen LogP contribution in [-0.4, -0.2) is 31.3 Å². The van der Waals surface area contributed by atoms with Gasteiger partial charge in [-0.25, -0.2) is 0 Å². The van der Waals surface area contributed by atoms with Crippen molar-refractivity contribution in [2.45, 2.75) is 51.7 Å². The molecule has 3 N–H and O–H groups in total. The summed E-state index contributed by atoms with van der Waals surface area (Å²) >= 11 is 0. The molecule has 1 heterocycles. The van der Waals surface area contributed by atoms with Gasteiger partial charge in [0.1, 0.15) is 0 Å². The maximum atomic E-state index is 5.86. The van der Waals surface area contributed by atoms with Crippen LogP contribution in [0.4, 0.5) is 0 Å². The molecule has 0 aromatic rings. The van der Waals surface area contributed by atoms with Gasteiger partial charge in [-0.2, -0.15) is 0 Å². The first-order chi connectivity index (χ1) is 8.15. The molecule has 2 fully saturated rings. The van der Waals surface area contributed by atoms with E-state index < -0.39 is 0 Å². The Hall–Kier alpha value is -0.770. The van der Waals surface area contributed by atoms with Crippen LogP contribution in [0, 0.1) is 11.8 Å². The quantitative estimate of drug-likeness (QED) is 0.577. The molecule has 0 aromatic heterocycles. The summed E-state index contributed by atoms with van der Waals surface area (Å²) < 4.78 is 5.71. The standard InChI is InChI=1S/C13H25N3O/c1-9-6-12(10(2)17-9)8-16-13(14)15-7-11-4-3-5-11/h9-12H,3-8H2,1-2H3,(H3,14,15,16). The summed E-state index contributed by atoms with van der Waals surface area (Å²) in [6.45, 7) is 6.04. The minimum Gasteiger partial charge on any atom is -0.375 e. The van der Waals surface area contributed by atoms with Crippen molar-refractivity contribution in [2.75, 3.05) is 13.1 Å². The fourth-order valence-electron chi connectivity index (χ4n) is 2.59. The van der Waals surface area contributed by atoms with Crippen LogP contribution in [0.15, 0.2) is 4.99 Å². The molecule has 4 heteroatoms. The van der Waals surface area contributed by atoms with E-state index in [-0.39, 0.29) is 0 Å². The maximum Gasteiger partial charge on any atom is 0.188 e. The van der Waals surface area contributed by atoms with E-state index in [9.17, 15) is 0 Å². The molecule has 0 aromatic carbocycles. The van der Waals surface area contributed by atoms with Crippen LogP contribution in [0.2, 0.25) is 0 Å². The number of ether oxygens (including phenoxy) is 1. The van der Waals surface area contributed by atoms with Crippen LogP contribution in [0.5, 0.6) is 0 Å². The van der Waals surface area contributed by atoms with Crippen LogP contribution in [0.3, 0.4) is 0 Å². The van der Waals surface area contributed by atoms with Crippen molar-refractivity contribution < 1.29 is 4.74 Å². The first-order valence-electron chi connectivity index (χ1n) is 6.84. The second-order valence-electron chi connectivity index (χ2n) is 5.55. The Balaban J connectivity index is 1.66. The Kier molecular flexibility index (Phi) is 4.26. The lowest BCUT2D eigenvalue weighted by atomic mass is 9.86. The number of aliphatic imine (C=N–C) groups is 1. The molecule has 1 aliphatic carbocycles. The third-order valence-electron chi connectivity index (χ3n) is 4.04. The second-order valence-corrected chi connectivity index (χ2v) is 5.55. The molecule has 1 saturated carbocycles. The van der Waals surface area contributed by atoms with Crippen molar-refractivity contribution in [3.63, 3.8) is 0 Å². The molecule has 0 bridgehead atoms. The average molecular weight is 239 g/mol. The Bertz CT molecular complexity index is 276. The van der Waals surface area contributed by atoms with Crippen molar-refractivity contribution in [3.8, 4) is 0 Å². The summed E-state index contributed by atoms with van der Waals surface area (Å²) in [5.74, 6) is 1.94. The predicted molar refractivity (Wildman–Crippen MR) is 69.9 cm³/mol. The molecule has 4 nitrogen and oxygen atoms in total. The number of nitrogens with two attached hydrogens (primary N) is 1. The largest absolute Gasteiger partial charge is 0.375 e. The lowest BCUT2D eigenvalue weighted by Crippen LogP contribution is -2.37. The van der Waals surface area contributed by atoms with Crippen molar-refractivity contribution in [1.29, 1.82) is 0 Å². The van der Waals surface area contributed by atoms with Gasteiger partial charge in [0.15, 0.2) is 5.96 Å². The molecule has 2 rings (SSSR count). The van der Waals surface area contributed by atoms with E-state index in [2.05, 4.69) is 24.2 Å². The molecule has 0 radical (unpaired) electrons. The van der Waals surface area contributed by atoms with Gasteiger partial charge < -0.3 is 15.8 Å². The number of nitrogens with zero attached hydrogens (tertiary/aromatic N) is 1. The van der Waals surface area contributed by atoms with Crippen molar-refractivity contribution in [3.05, 3.63) is 0 Å². The number of hydrogen-bond donors (Lipinski definition) is 2. The SMILES string of the molecule is CC1CC(CNC(N)=NCC2CCC2)C(C)O1. The van der Waals surface area contributed by atoms with E-state index in [1.807, 2.05) is 0 Å². The molecule has 3 unspecified atom stereocenters. The first kappa shape index (κ1) is 12.7. The number of nitrogens with one attached hydrogen (secondary N) is 1. The van der Waals surface area contributed by atoms with Gasteiger partial charge >= 0.3 is 0 Å². The normalized spacial score (nSPS) is 34.7. The van der Waals surface area contributed by atoms with E-state index in [1.165, 1.54) is 19.3 Å². The molecule has 2 aliphatic rings. The van der Waals surface area contributed by atoms with Crippen LogP contribution in [-0.2, 0) is 4.74 Å². The fraction of sp³-hybridized carbons (Fsp3) is 0.923. The van der Waals surface area contributed by atoms with E-state index in [4.69, 9.17) is 10.5 Å². The van der Waals surface area contributed by atoms with Gasteiger partial charge in [0.05, 0.1) is 12.2 Å². The average Bonchev–Trinajstić information content (AvgIpc) is 2.52. The lowest BCUT2D eigenvalue weighted by Gasteiger charge is -2.23. The summed E-state index contributed by atoms with van der Waals surface area (Å²) in [4.78, 5) is 4.39. The first-order valence-corrected chi connectivity index (χ1v) is 6.84. The van der Waals surface area contributed by atoms with Crippen LogP contribution in [0.25, 0.3) is 0 Å². The van der Waals surface area contributed by atoms with Gasteiger partial charge in [0.25, 0.3) is 0 Å². The number of hydrogen-bond acceptors (Lipinski definition) is 2. The van der Waals surface area contributed by atoms with Gasteiger partial charge in [0.2, 0.25) is 0 Å². The monoisotopic (exact) mass is 239 g/mol. The highest BCUT2D eigenvalue weighted by atomic mass is 16.5. The van der Waals surface area contributed by atoms with E-state index in [0.717, 1.165) is 25.4 Å². The topological polar surface area (TPSA) is 59.6 Å². The highest BCUT2D eigenvalue weighted by Crippen LogP contribution is 2.26. The molecule has 0 amide bonds. The van der Waals surface area contributed by atoms with Gasteiger partial charge in [-0.1, -0.05) is 6.42 Å². The van der Waals surface area contributed by atoms with E-state index in [0.29, 0.717) is 24.1 Å². The third-order valence-corrected chi connectivity index (χ3v) is 4.04. The molecule has 3 atom stereocenters. The smallest absolute Gasteiger partial charge is 0.188 e. The Morgan fingerprint density at radius 3 is 2.71 bits per heavy atom. The maximum absolute atomic E-state index is 5.86. The van der Waals surface area contributed by atoms with E-state index >= 15 is 0 Å². The summed E-state index contributed by atoms with van der Waals surface area (Å²) in [5.41, 5.74) is 5.86. The van der Waals surface area contributed by atoms with Crippen molar-refractivity contribution in [2.24, 2.45) is 22.6 Å². The fourth-order valence-corrected chi connectivity index (χ4v) is 2.59. The zero-order chi connectivity index (χ0) is 12.3. The predicted octanol–water partition coefficient (Wildman–Crippen LogP) is 1.50. The second kappa shape index (κ2) is 5.71. The van der Waals surface area contributed by atoms with Gasteiger partial charge in [-0.05, 0) is 39.0 Å². The third kappa shape index (κ3) is 3.60. The highest BCUT2D eigenvalue weighted by molar-refractivity contribution is 5.77. The minimum absolute atomic E-state index is 0.330. The summed E-state index contributed by atoms with van der Waals surface area (Å²) in [7, 11) is 0. The molecular weight excluding hydrogens is 214 g/mol. The summed E-state index contributed by atoms with van der Waals surface area (Å²) in [6.07, 6.45) is 5.83. The van der Waals surface area contributed by atoms with Gasteiger partial charge in [0, 0.05) is 19.0 Å². The molecule has 0 spiro atoms. The van der Waals surface area contributed by atoms with Crippen LogP contribution < -0.4 is 11.1 Å². The van der Waals surface area contributed by atoms with Gasteiger partial charge in [-0.15, -0.1) is 0 Å². The van der Waals surface area contributed by atoms with Gasteiger partial charge in [-0.3, -0.25) is 4.99 Å². The van der Waals surface area contributed by atoms with Crippen molar-refractivity contribution in [1.82, 2.24) is 5.32 Å². The highest BCUT2D eigenvalue weighted by Gasteiger charge is 2.29. The Morgan fingerprint density at radius 1 is 1.41 bits per heavy atom. The molecular formula is C13H25N3O. The minimum atomic E-state index is 0.330. The van der Waals surface area contributed by atoms with Crippen LogP contribution in [0.1, 0.15) is 39.5 Å². The molecule has 17 heavy (non-hydrogen) atoms. The number of rotatable bonds is 4. The Morgan fingerprint density at radius 2 is 2.18 bits per heavy atom.